The van der Waals surface area contributed by atoms with E-state index in [4.69, 9.17) is 0 Å². The van der Waals surface area contributed by atoms with E-state index in [9.17, 15) is 13.2 Å². The van der Waals surface area contributed by atoms with E-state index in [1.807, 2.05) is 0 Å². The molecule has 0 aromatic heterocycles. The molecule has 3 fully saturated rings. The zero-order valence-corrected chi connectivity index (χ0v) is 15.4. The van der Waals surface area contributed by atoms with Gasteiger partial charge < -0.3 is 4.90 Å². The van der Waals surface area contributed by atoms with Gasteiger partial charge in [-0.25, -0.2) is 8.42 Å². The number of carbonyl (C=O) groups is 1. The number of anilines is 1. The molecule has 2 atom stereocenters. The SMILES string of the molecule is O=C1CCCN1c1ccc(S(=O)(=O)N2CCC[C@@H]3CCCC[C@H]32)cc1. The molecule has 1 amide bonds. The van der Waals surface area contributed by atoms with Crippen LogP contribution < -0.4 is 4.90 Å². The smallest absolute Gasteiger partial charge is 0.243 e. The van der Waals surface area contributed by atoms with E-state index in [0.29, 0.717) is 23.8 Å². The molecule has 2 saturated heterocycles. The highest BCUT2D eigenvalue weighted by molar-refractivity contribution is 7.89. The van der Waals surface area contributed by atoms with Crippen molar-refractivity contribution in [2.24, 2.45) is 5.92 Å². The summed E-state index contributed by atoms with van der Waals surface area (Å²) < 4.78 is 28.1. The van der Waals surface area contributed by atoms with Crippen LogP contribution in [0, 0.1) is 5.92 Å². The van der Waals surface area contributed by atoms with Crippen LogP contribution in [0.4, 0.5) is 5.69 Å². The first-order valence-corrected chi connectivity index (χ1v) is 10.9. The van der Waals surface area contributed by atoms with Crippen molar-refractivity contribution in [2.75, 3.05) is 18.0 Å². The summed E-state index contributed by atoms with van der Waals surface area (Å²) in [7, 11) is -3.46. The molecule has 0 N–H and O–H groups in total. The molecule has 3 aliphatic rings. The summed E-state index contributed by atoms with van der Waals surface area (Å²) in [6, 6.07) is 7.06. The van der Waals surface area contributed by atoms with Crippen LogP contribution in [0.3, 0.4) is 0 Å². The molecule has 4 rings (SSSR count). The van der Waals surface area contributed by atoms with Crippen molar-refractivity contribution >= 4 is 21.6 Å². The third-order valence-corrected chi connectivity index (χ3v) is 7.96. The van der Waals surface area contributed by atoms with Gasteiger partial charge in [-0.2, -0.15) is 4.31 Å². The van der Waals surface area contributed by atoms with Crippen molar-refractivity contribution in [3.63, 3.8) is 0 Å². The predicted octanol–water partition coefficient (Wildman–Crippen LogP) is 3.16. The Balaban J connectivity index is 1.58. The molecular weight excluding hydrogens is 336 g/mol. The molecular formula is C19H26N2O3S. The fourth-order valence-electron chi connectivity index (χ4n) is 4.73. The molecule has 5 nitrogen and oxygen atoms in total. The van der Waals surface area contributed by atoms with Crippen LogP contribution in [0.1, 0.15) is 51.4 Å². The second-order valence-corrected chi connectivity index (χ2v) is 9.40. The first-order valence-electron chi connectivity index (χ1n) is 9.50. The average Bonchev–Trinajstić information content (AvgIpc) is 3.07. The molecule has 1 aromatic rings. The van der Waals surface area contributed by atoms with Crippen LogP contribution in [0.15, 0.2) is 29.2 Å². The first kappa shape index (κ1) is 17.0. The quantitative estimate of drug-likeness (QED) is 0.830. The summed E-state index contributed by atoms with van der Waals surface area (Å²) in [4.78, 5) is 14.0. The summed E-state index contributed by atoms with van der Waals surface area (Å²) in [5, 5.41) is 0. The molecule has 136 valence electrons. The molecule has 0 bridgehead atoms. The molecule has 1 aromatic carbocycles. The van der Waals surface area contributed by atoms with Gasteiger partial charge in [0.25, 0.3) is 0 Å². The van der Waals surface area contributed by atoms with Crippen molar-refractivity contribution in [1.29, 1.82) is 0 Å². The topological polar surface area (TPSA) is 57.7 Å². The van der Waals surface area contributed by atoms with Crippen LogP contribution in [0.5, 0.6) is 0 Å². The lowest BCUT2D eigenvalue weighted by Crippen LogP contribution is -2.49. The second-order valence-electron chi connectivity index (χ2n) is 7.51. The van der Waals surface area contributed by atoms with Gasteiger partial charge in [0.05, 0.1) is 4.90 Å². The molecule has 0 spiro atoms. The van der Waals surface area contributed by atoms with Crippen LogP contribution in [-0.2, 0) is 14.8 Å². The number of rotatable bonds is 3. The molecule has 25 heavy (non-hydrogen) atoms. The Hall–Kier alpha value is -1.40. The minimum Gasteiger partial charge on any atom is -0.312 e. The van der Waals surface area contributed by atoms with E-state index in [1.54, 1.807) is 33.5 Å². The van der Waals surface area contributed by atoms with E-state index in [0.717, 1.165) is 50.8 Å². The highest BCUT2D eigenvalue weighted by Crippen LogP contribution is 2.38. The third kappa shape index (κ3) is 3.10. The maximum Gasteiger partial charge on any atom is 0.243 e. The monoisotopic (exact) mass is 362 g/mol. The molecule has 0 radical (unpaired) electrons. The minimum absolute atomic E-state index is 0.122. The van der Waals surface area contributed by atoms with Gasteiger partial charge in [-0.15, -0.1) is 0 Å². The first-order chi connectivity index (χ1) is 12.1. The van der Waals surface area contributed by atoms with Crippen molar-refractivity contribution in [3.05, 3.63) is 24.3 Å². The Morgan fingerprint density at radius 2 is 1.60 bits per heavy atom. The van der Waals surface area contributed by atoms with Gasteiger partial charge in [-0.05, 0) is 62.3 Å². The lowest BCUT2D eigenvalue weighted by molar-refractivity contribution is -0.117. The number of hydrogen-bond acceptors (Lipinski definition) is 3. The summed E-state index contributed by atoms with van der Waals surface area (Å²) in [6.45, 7) is 1.36. The number of fused-ring (bicyclic) bond motifs is 1. The number of piperidine rings is 1. The molecule has 2 aliphatic heterocycles. The van der Waals surface area contributed by atoms with Gasteiger partial charge in [0.1, 0.15) is 0 Å². The molecule has 1 aliphatic carbocycles. The molecule has 0 unspecified atom stereocenters. The van der Waals surface area contributed by atoms with Crippen LogP contribution in [0.25, 0.3) is 0 Å². The summed E-state index contributed by atoms with van der Waals surface area (Å²) in [6.07, 6.45) is 8.08. The summed E-state index contributed by atoms with van der Waals surface area (Å²) in [5.74, 6) is 0.649. The fourth-order valence-corrected chi connectivity index (χ4v) is 6.49. The van der Waals surface area contributed by atoms with Gasteiger partial charge in [0, 0.05) is 31.2 Å². The van der Waals surface area contributed by atoms with Crippen LogP contribution in [0.2, 0.25) is 0 Å². The molecule has 2 heterocycles. The number of benzene rings is 1. The van der Waals surface area contributed by atoms with Gasteiger partial charge in [0.2, 0.25) is 15.9 Å². The third-order valence-electron chi connectivity index (χ3n) is 6.02. The van der Waals surface area contributed by atoms with E-state index < -0.39 is 10.0 Å². The fraction of sp³-hybridized carbons (Fsp3) is 0.632. The summed E-state index contributed by atoms with van der Waals surface area (Å²) >= 11 is 0. The van der Waals surface area contributed by atoms with Crippen LogP contribution >= 0.6 is 0 Å². The number of amides is 1. The maximum atomic E-state index is 13.2. The van der Waals surface area contributed by atoms with Gasteiger partial charge in [-0.3, -0.25) is 4.79 Å². The van der Waals surface area contributed by atoms with Gasteiger partial charge in [-0.1, -0.05) is 12.8 Å². The largest absolute Gasteiger partial charge is 0.312 e. The Kier molecular flexibility index (Phi) is 4.58. The number of carbonyl (C=O) groups excluding carboxylic acids is 1. The van der Waals surface area contributed by atoms with Crippen molar-refractivity contribution in [2.45, 2.75) is 62.3 Å². The number of nitrogens with zero attached hydrogens (tertiary/aromatic N) is 2. The Labute approximate surface area is 150 Å². The highest BCUT2D eigenvalue weighted by Gasteiger charge is 2.39. The predicted molar refractivity (Wildman–Crippen MR) is 96.9 cm³/mol. The normalized spacial score (nSPS) is 28.2. The number of hydrogen-bond donors (Lipinski definition) is 0. The molecule has 6 heteroatoms. The Morgan fingerprint density at radius 1 is 0.880 bits per heavy atom. The maximum absolute atomic E-state index is 13.2. The van der Waals surface area contributed by atoms with E-state index in [-0.39, 0.29) is 11.9 Å². The minimum atomic E-state index is -3.46. The lowest BCUT2D eigenvalue weighted by Gasteiger charge is -2.43. The zero-order valence-electron chi connectivity index (χ0n) is 14.6. The lowest BCUT2D eigenvalue weighted by atomic mass is 9.79. The average molecular weight is 362 g/mol. The van der Waals surface area contributed by atoms with E-state index in [1.165, 1.54) is 6.42 Å². The van der Waals surface area contributed by atoms with Crippen molar-refractivity contribution in [3.8, 4) is 0 Å². The zero-order chi connectivity index (χ0) is 17.4. The van der Waals surface area contributed by atoms with Gasteiger partial charge in [0.15, 0.2) is 0 Å². The number of sulfonamides is 1. The Morgan fingerprint density at radius 3 is 2.32 bits per heavy atom. The van der Waals surface area contributed by atoms with Crippen molar-refractivity contribution < 1.29 is 13.2 Å². The van der Waals surface area contributed by atoms with E-state index >= 15 is 0 Å². The Bertz CT molecular complexity index is 742. The summed E-state index contributed by atoms with van der Waals surface area (Å²) in [5.41, 5.74) is 0.802. The standard InChI is InChI=1S/C19H26N2O3S/c22-19-8-4-13-20(19)16-9-11-17(12-10-16)25(23,24)21-14-3-6-15-5-1-2-7-18(15)21/h9-12,15,18H,1-8,13-14H2/t15-,18+/m0/s1. The highest BCUT2D eigenvalue weighted by atomic mass is 32.2. The molecule has 1 saturated carbocycles. The van der Waals surface area contributed by atoms with Crippen molar-refractivity contribution in [1.82, 2.24) is 4.31 Å². The second kappa shape index (κ2) is 6.72. The van der Waals surface area contributed by atoms with Gasteiger partial charge >= 0.3 is 0 Å². The van der Waals surface area contributed by atoms with E-state index in [2.05, 4.69) is 0 Å². The van der Waals surface area contributed by atoms with Crippen LogP contribution in [-0.4, -0.2) is 37.8 Å².